The van der Waals surface area contributed by atoms with E-state index in [1.807, 2.05) is 6.07 Å². The first-order chi connectivity index (χ1) is 16.3. The molecule has 9 heteroatoms. The molecule has 34 heavy (non-hydrogen) atoms. The molecule has 0 saturated heterocycles. The maximum Gasteiger partial charge on any atom is 0.308 e. The molecular weight excluding hydrogens is 524 g/mol. The zero-order valence-corrected chi connectivity index (χ0v) is 20.6. The minimum atomic E-state index is -0.461. The van der Waals surface area contributed by atoms with Gasteiger partial charge < -0.3 is 20.1 Å². The summed E-state index contributed by atoms with van der Waals surface area (Å²) < 4.78 is 11.5. The van der Waals surface area contributed by atoms with Crippen molar-refractivity contribution in [3.05, 3.63) is 81.8 Å². The minimum Gasteiger partial charge on any atom is -0.492 e. The first-order valence-corrected chi connectivity index (χ1v) is 11.5. The molecule has 2 N–H and O–H groups in total. The average molecular weight is 546 g/mol. The fourth-order valence-corrected chi connectivity index (χ4v) is 3.67. The van der Waals surface area contributed by atoms with Crippen LogP contribution < -0.4 is 20.1 Å². The summed E-state index contributed by atoms with van der Waals surface area (Å²) in [6.07, 6.45) is 0.810. The normalized spacial score (nSPS) is 10.3. The Hall–Kier alpha value is -3.36. The van der Waals surface area contributed by atoms with Gasteiger partial charge >= 0.3 is 5.97 Å². The molecule has 3 rings (SSSR count). The highest BCUT2D eigenvalue weighted by Gasteiger charge is 2.09. The third-order valence-corrected chi connectivity index (χ3v) is 5.27. The van der Waals surface area contributed by atoms with E-state index in [1.54, 1.807) is 54.6 Å². The highest BCUT2D eigenvalue weighted by molar-refractivity contribution is 9.10. The number of carbonyl (C=O) groups is 3. The third kappa shape index (κ3) is 7.90. The lowest BCUT2D eigenvalue weighted by Crippen LogP contribution is -2.14. The summed E-state index contributed by atoms with van der Waals surface area (Å²) in [4.78, 5) is 35.7. The number of rotatable bonds is 9. The Kier molecular flexibility index (Phi) is 9.07. The molecule has 2 amide bonds. The van der Waals surface area contributed by atoms with Crippen LogP contribution >= 0.6 is 27.5 Å². The number of nitrogens with one attached hydrogen (secondary N) is 2. The Morgan fingerprint density at radius 1 is 0.941 bits per heavy atom. The lowest BCUT2D eigenvalue weighted by Gasteiger charge is -2.10. The number of hydrogen-bond acceptors (Lipinski definition) is 5. The number of carbonyl (C=O) groups excluding carboxylic acids is 3. The van der Waals surface area contributed by atoms with E-state index in [-0.39, 0.29) is 18.2 Å². The van der Waals surface area contributed by atoms with E-state index < -0.39 is 5.97 Å². The van der Waals surface area contributed by atoms with Gasteiger partial charge in [-0.3, -0.25) is 14.4 Å². The molecule has 0 aliphatic carbocycles. The predicted molar refractivity (Wildman–Crippen MR) is 135 cm³/mol. The Morgan fingerprint density at radius 2 is 1.65 bits per heavy atom. The van der Waals surface area contributed by atoms with Crippen molar-refractivity contribution >= 4 is 56.7 Å². The van der Waals surface area contributed by atoms with E-state index >= 15 is 0 Å². The van der Waals surface area contributed by atoms with Gasteiger partial charge in [0.15, 0.2) is 0 Å². The SMILES string of the molecule is CC(=O)Oc1cccc(C(=O)Nc2ccc(NC(=O)CCCOc3ccc(Br)cc3Cl)cc2)c1. The van der Waals surface area contributed by atoms with Gasteiger partial charge in [-0.15, -0.1) is 0 Å². The molecule has 0 heterocycles. The van der Waals surface area contributed by atoms with Gasteiger partial charge in [0, 0.05) is 34.8 Å². The van der Waals surface area contributed by atoms with Crippen molar-refractivity contribution in [1.82, 2.24) is 0 Å². The molecule has 0 bridgehead atoms. The molecule has 0 aromatic heterocycles. The van der Waals surface area contributed by atoms with Crippen LogP contribution in [-0.2, 0) is 9.59 Å². The first kappa shape index (κ1) is 25.3. The molecule has 0 spiro atoms. The van der Waals surface area contributed by atoms with Crippen molar-refractivity contribution in [3.8, 4) is 11.5 Å². The maximum atomic E-state index is 12.5. The van der Waals surface area contributed by atoms with Crippen molar-refractivity contribution in [2.24, 2.45) is 0 Å². The molecule has 3 aromatic rings. The first-order valence-electron chi connectivity index (χ1n) is 10.4. The predicted octanol–water partition coefficient (Wildman–Crippen LogP) is 6.08. The molecule has 0 atom stereocenters. The number of halogens is 2. The summed E-state index contributed by atoms with van der Waals surface area (Å²) in [6.45, 7) is 1.65. The quantitative estimate of drug-likeness (QED) is 0.193. The number of esters is 1. The van der Waals surface area contributed by atoms with Gasteiger partial charge in [0.05, 0.1) is 11.6 Å². The average Bonchev–Trinajstić information content (AvgIpc) is 2.79. The standard InChI is InChI=1S/C25H22BrClN2O5/c1-16(30)34-21-5-2-4-17(14-21)25(32)29-20-10-8-19(9-11-20)28-24(31)6-3-13-33-23-12-7-18(26)15-22(23)27/h2,4-5,7-12,14-15H,3,6,13H2,1H3,(H,28,31)(H,29,32). The van der Waals surface area contributed by atoms with Gasteiger partial charge in [-0.2, -0.15) is 0 Å². The molecule has 3 aromatic carbocycles. The van der Waals surface area contributed by atoms with Crippen molar-refractivity contribution in [2.75, 3.05) is 17.2 Å². The van der Waals surface area contributed by atoms with Gasteiger partial charge in [-0.25, -0.2) is 0 Å². The molecule has 0 radical (unpaired) electrons. The lowest BCUT2D eigenvalue weighted by molar-refractivity contribution is -0.131. The Balaban J connectivity index is 1.44. The summed E-state index contributed by atoms with van der Waals surface area (Å²) in [5.41, 5.74) is 1.51. The summed E-state index contributed by atoms with van der Waals surface area (Å²) >= 11 is 9.44. The number of hydrogen-bond donors (Lipinski definition) is 2. The molecule has 0 aliphatic heterocycles. The Morgan fingerprint density at radius 3 is 2.32 bits per heavy atom. The van der Waals surface area contributed by atoms with Gasteiger partial charge in [0.2, 0.25) is 5.91 Å². The van der Waals surface area contributed by atoms with E-state index in [0.29, 0.717) is 46.5 Å². The van der Waals surface area contributed by atoms with E-state index in [2.05, 4.69) is 26.6 Å². The molecule has 0 saturated carbocycles. The van der Waals surface area contributed by atoms with Crippen LogP contribution in [0.1, 0.15) is 30.1 Å². The van der Waals surface area contributed by atoms with Crippen LogP contribution in [0.5, 0.6) is 11.5 Å². The zero-order valence-electron chi connectivity index (χ0n) is 18.3. The van der Waals surface area contributed by atoms with E-state index in [9.17, 15) is 14.4 Å². The van der Waals surface area contributed by atoms with Crippen LogP contribution in [0.15, 0.2) is 71.2 Å². The molecular formula is C25H22BrClN2O5. The van der Waals surface area contributed by atoms with Gasteiger partial charge in [0.25, 0.3) is 5.91 Å². The van der Waals surface area contributed by atoms with Gasteiger partial charge in [-0.1, -0.05) is 33.6 Å². The molecule has 0 fully saturated rings. The minimum absolute atomic E-state index is 0.149. The summed E-state index contributed by atoms with van der Waals surface area (Å²) in [7, 11) is 0. The third-order valence-electron chi connectivity index (χ3n) is 4.48. The number of benzene rings is 3. The Bertz CT molecular complexity index is 1180. The van der Waals surface area contributed by atoms with E-state index in [1.165, 1.54) is 13.0 Å². The van der Waals surface area contributed by atoms with Crippen LogP contribution in [0.3, 0.4) is 0 Å². The summed E-state index contributed by atoms with van der Waals surface area (Å²) in [5.74, 6) is -0.0949. The fourth-order valence-electron chi connectivity index (χ4n) is 2.94. The van der Waals surface area contributed by atoms with Gasteiger partial charge in [-0.05, 0) is 67.1 Å². The largest absolute Gasteiger partial charge is 0.492 e. The van der Waals surface area contributed by atoms with E-state index in [0.717, 1.165) is 4.47 Å². The van der Waals surface area contributed by atoms with Crippen molar-refractivity contribution in [3.63, 3.8) is 0 Å². The van der Waals surface area contributed by atoms with Crippen LogP contribution in [-0.4, -0.2) is 24.4 Å². The highest BCUT2D eigenvalue weighted by atomic mass is 79.9. The van der Waals surface area contributed by atoms with Gasteiger partial charge in [0.1, 0.15) is 11.5 Å². The lowest BCUT2D eigenvalue weighted by atomic mass is 10.2. The zero-order chi connectivity index (χ0) is 24.5. The topological polar surface area (TPSA) is 93.7 Å². The Labute approximate surface area is 210 Å². The summed E-state index contributed by atoms with van der Waals surface area (Å²) in [5, 5.41) is 6.07. The van der Waals surface area contributed by atoms with Crippen molar-refractivity contribution in [2.45, 2.75) is 19.8 Å². The van der Waals surface area contributed by atoms with Crippen LogP contribution in [0.25, 0.3) is 0 Å². The van der Waals surface area contributed by atoms with Crippen LogP contribution in [0.4, 0.5) is 11.4 Å². The summed E-state index contributed by atoms with van der Waals surface area (Å²) in [6, 6.07) is 18.4. The maximum absolute atomic E-state index is 12.5. The highest BCUT2D eigenvalue weighted by Crippen LogP contribution is 2.27. The molecule has 7 nitrogen and oxygen atoms in total. The number of anilines is 2. The smallest absolute Gasteiger partial charge is 0.308 e. The second-order valence-corrected chi connectivity index (χ2v) is 8.55. The molecule has 176 valence electrons. The second-order valence-electron chi connectivity index (χ2n) is 7.23. The molecule has 0 aliphatic rings. The fraction of sp³-hybridized carbons (Fsp3) is 0.160. The number of ether oxygens (including phenoxy) is 2. The van der Waals surface area contributed by atoms with Crippen LogP contribution in [0, 0.1) is 0 Å². The van der Waals surface area contributed by atoms with Crippen molar-refractivity contribution in [1.29, 1.82) is 0 Å². The van der Waals surface area contributed by atoms with Crippen molar-refractivity contribution < 1.29 is 23.9 Å². The number of amides is 2. The van der Waals surface area contributed by atoms with Crippen LogP contribution in [0.2, 0.25) is 5.02 Å². The van der Waals surface area contributed by atoms with E-state index in [4.69, 9.17) is 21.1 Å². The second kappa shape index (κ2) is 12.2. The monoisotopic (exact) mass is 544 g/mol. The molecule has 0 unspecified atom stereocenters.